The van der Waals surface area contributed by atoms with Crippen molar-refractivity contribution in [3.05, 3.63) is 11.1 Å². The van der Waals surface area contributed by atoms with Gasteiger partial charge in [-0.15, -0.1) is 23.1 Å². The first-order valence-corrected chi connectivity index (χ1v) is 6.19. The normalized spacial score (nSPS) is 10.1. The molecule has 0 saturated carbocycles. The molecule has 14 heavy (non-hydrogen) atoms. The highest BCUT2D eigenvalue weighted by atomic mass is 32.2. The van der Waals surface area contributed by atoms with E-state index in [0.29, 0.717) is 23.2 Å². The van der Waals surface area contributed by atoms with Crippen LogP contribution in [0.1, 0.15) is 12.6 Å². The molecular weight excluding hydrogens is 220 g/mol. The van der Waals surface area contributed by atoms with Gasteiger partial charge in [-0.2, -0.15) is 0 Å². The fourth-order valence-electron chi connectivity index (χ4n) is 0.831. The third-order valence-corrected chi connectivity index (χ3v) is 3.01. The van der Waals surface area contributed by atoms with E-state index in [-0.39, 0.29) is 5.97 Å². The zero-order valence-electron chi connectivity index (χ0n) is 7.86. The van der Waals surface area contributed by atoms with Gasteiger partial charge in [0, 0.05) is 11.1 Å². The van der Waals surface area contributed by atoms with Crippen LogP contribution in [0, 0.1) is 0 Å². The van der Waals surface area contributed by atoms with Crippen molar-refractivity contribution in [1.29, 1.82) is 0 Å². The standard InChI is InChI=1S/C8H12N2O2S2/c1-2-12-7(11)5-13-3-6-4-14-8(9)10-6/h4H,2-3,5H2,1H3,(H2,9,10). The minimum absolute atomic E-state index is 0.180. The van der Waals surface area contributed by atoms with Crippen LogP contribution in [-0.2, 0) is 15.3 Å². The number of nitrogens with zero attached hydrogens (tertiary/aromatic N) is 1. The van der Waals surface area contributed by atoms with Crippen molar-refractivity contribution < 1.29 is 9.53 Å². The predicted octanol–water partition coefficient (Wildman–Crippen LogP) is 1.52. The molecule has 0 atom stereocenters. The Kier molecular flexibility index (Phi) is 4.75. The number of carbonyl (C=O) groups excluding carboxylic acids is 1. The van der Waals surface area contributed by atoms with Gasteiger partial charge in [-0.1, -0.05) is 0 Å². The summed E-state index contributed by atoms with van der Waals surface area (Å²) in [6.07, 6.45) is 0. The van der Waals surface area contributed by atoms with Crippen LogP contribution < -0.4 is 5.73 Å². The summed E-state index contributed by atoms with van der Waals surface area (Å²) in [6, 6.07) is 0. The Bertz CT molecular complexity index is 301. The lowest BCUT2D eigenvalue weighted by Crippen LogP contribution is -2.06. The summed E-state index contributed by atoms with van der Waals surface area (Å²) in [4.78, 5) is 15.0. The summed E-state index contributed by atoms with van der Waals surface area (Å²) in [7, 11) is 0. The molecule has 0 saturated heterocycles. The number of esters is 1. The summed E-state index contributed by atoms with van der Waals surface area (Å²) in [5, 5.41) is 2.46. The molecule has 1 rings (SSSR count). The molecule has 0 radical (unpaired) electrons. The average molecular weight is 232 g/mol. The first-order chi connectivity index (χ1) is 6.72. The number of anilines is 1. The highest BCUT2D eigenvalue weighted by Crippen LogP contribution is 2.16. The maximum Gasteiger partial charge on any atom is 0.315 e. The van der Waals surface area contributed by atoms with E-state index in [0.717, 1.165) is 5.69 Å². The number of rotatable bonds is 5. The van der Waals surface area contributed by atoms with Gasteiger partial charge >= 0.3 is 5.97 Å². The number of aromatic nitrogens is 1. The van der Waals surface area contributed by atoms with Gasteiger partial charge in [0.15, 0.2) is 5.13 Å². The van der Waals surface area contributed by atoms with Crippen molar-refractivity contribution in [1.82, 2.24) is 4.98 Å². The smallest absolute Gasteiger partial charge is 0.315 e. The summed E-state index contributed by atoms with van der Waals surface area (Å²) in [5.74, 6) is 0.887. The third-order valence-electron chi connectivity index (χ3n) is 1.34. The van der Waals surface area contributed by atoms with Gasteiger partial charge < -0.3 is 10.5 Å². The molecule has 6 heteroatoms. The lowest BCUT2D eigenvalue weighted by Gasteiger charge is -1.99. The lowest BCUT2D eigenvalue weighted by atomic mass is 10.6. The van der Waals surface area contributed by atoms with Crippen LogP contribution in [0.4, 0.5) is 5.13 Å². The Labute approximate surface area is 90.9 Å². The minimum Gasteiger partial charge on any atom is -0.465 e. The van der Waals surface area contributed by atoms with Crippen molar-refractivity contribution >= 4 is 34.2 Å². The second-order valence-electron chi connectivity index (χ2n) is 2.47. The van der Waals surface area contributed by atoms with Gasteiger partial charge in [-0.05, 0) is 6.92 Å². The zero-order valence-corrected chi connectivity index (χ0v) is 9.49. The van der Waals surface area contributed by atoms with Gasteiger partial charge in [0.05, 0.1) is 18.1 Å². The third kappa shape index (κ3) is 3.97. The van der Waals surface area contributed by atoms with Gasteiger partial charge in [0.2, 0.25) is 0 Å². The van der Waals surface area contributed by atoms with Gasteiger partial charge in [0.25, 0.3) is 0 Å². The second-order valence-corrected chi connectivity index (χ2v) is 4.35. The van der Waals surface area contributed by atoms with Crippen LogP contribution in [0.5, 0.6) is 0 Å². The second kappa shape index (κ2) is 5.87. The molecule has 0 bridgehead atoms. The van der Waals surface area contributed by atoms with Crippen molar-refractivity contribution in [3.8, 4) is 0 Å². The Morgan fingerprint density at radius 3 is 3.14 bits per heavy atom. The predicted molar refractivity (Wildman–Crippen MR) is 59.3 cm³/mol. The van der Waals surface area contributed by atoms with E-state index in [2.05, 4.69) is 4.98 Å². The Morgan fingerprint density at radius 2 is 2.57 bits per heavy atom. The Morgan fingerprint density at radius 1 is 1.79 bits per heavy atom. The molecule has 0 aliphatic rings. The first-order valence-electron chi connectivity index (χ1n) is 4.15. The van der Waals surface area contributed by atoms with Gasteiger partial charge in [-0.25, -0.2) is 4.98 Å². The lowest BCUT2D eigenvalue weighted by molar-refractivity contribution is -0.139. The molecule has 0 aromatic carbocycles. The molecule has 0 fully saturated rings. The van der Waals surface area contributed by atoms with Crippen LogP contribution in [0.3, 0.4) is 0 Å². The van der Waals surface area contributed by atoms with Gasteiger partial charge in [-0.3, -0.25) is 4.79 Å². The molecule has 2 N–H and O–H groups in total. The number of hydrogen-bond acceptors (Lipinski definition) is 6. The van der Waals surface area contributed by atoms with Crippen LogP contribution in [0.25, 0.3) is 0 Å². The molecule has 1 aromatic heterocycles. The molecule has 78 valence electrons. The molecule has 1 heterocycles. The SMILES string of the molecule is CCOC(=O)CSCc1csc(N)n1. The highest BCUT2D eigenvalue weighted by molar-refractivity contribution is 7.99. The quantitative estimate of drug-likeness (QED) is 0.780. The Balaban J connectivity index is 2.18. The molecule has 0 unspecified atom stereocenters. The maximum atomic E-state index is 11.0. The number of ether oxygens (including phenoxy) is 1. The van der Waals surface area contributed by atoms with E-state index < -0.39 is 0 Å². The number of carbonyl (C=O) groups is 1. The van der Waals surface area contributed by atoms with Crippen LogP contribution in [0.15, 0.2) is 5.38 Å². The van der Waals surface area contributed by atoms with Gasteiger partial charge in [0.1, 0.15) is 0 Å². The van der Waals surface area contributed by atoms with E-state index in [1.165, 1.54) is 23.1 Å². The van der Waals surface area contributed by atoms with E-state index in [9.17, 15) is 4.79 Å². The number of thiazole rings is 1. The van der Waals surface area contributed by atoms with Crippen molar-refractivity contribution in [2.24, 2.45) is 0 Å². The number of nitrogens with two attached hydrogens (primary N) is 1. The van der Waals surface area contributed by atoms with Crippen molar-refractivity contribution in [2.45, 2.75) is 12.7 Å². The van der Waals surface area contributed by atoms with E-state index in [4.69, 9.17) is 10.5 Å². The van der Waals surface area contributed by atoms with Crippen molar-refractivity contribution in [2.75, 3.05) is 18.1 Å². The van der Waals surface area contributed by atoms with Crippen molar-refractivity contribution in [3.63, 3.8) is 0 Å². The number of hydrogen-bond donors (Lipinski definition) is 1. The summed E-state index contributed by atoms with van der Waals surface area (Å²) >= 11 is 2.89. The fourth-order valence-corrected chi connectivity index (χ4v) is 2.21. The molecule has 0 amide bonds. The van der Waals surface area contributed by atoms with Crippen LogP contribution >= 0.6 is 23.1 Å². The van der Waals surface area contributed by atoms with E-state index in [1.807, 2.05) is 5.38 Å². The minimum atomic E-state index is -0.180. The van der Waals surface area contributed by atoms with E-state index in [1.54, 1.807) is 6.92 Å². The Hall–Kier alpha value is -0.750. The molecule has 1 aromatic rings. The number of thioether (sulfide) groups is 1. The summed E-state index contributed by atoms with van der Waals surface area (Å²) in [6.45, 7) is 2.23. The maximum absolute atomic E-state index is 11.0. The molecule has 0 aliphatic heterocycles. The monoisotopic (exact) mass is 232 g/mol. The summed E-state index contributed by atoms with van der Waals surface area (Å²) in [5.41, 5.74) is 6.38. The van der Waals surface area contributed by atoms with E-state index >= 15 is 0 Å². The zero-order chi connectivity index (χ0) is 10.4. The largest absolute Gasteiger partial charge is 0.465 e. The number of nitrogen functional groups attached to an aromatic ring is 1. The topological polar surface area (TPSA) is 65.2 Å². The van der Waals surface area contributed by atoms with Crippen LogP contribution in [0.2, 0.25) is 0 Å². The van der Waals surface area contributed by atoms with Crippen LogP contribution in [-0.4, -0.2) is 23.3 Å². The molecule has 0 aliphatic carbocycles. The first kappa shape index (κ1) is 11.3. The molecular formula is C8H12N2O2S2. The summed E-state index contributed by atoms with van der Waals surface area (Å²) < 4.78 is 4.78. The highest BCUT2D eigenvalue weighted by Gasteiger charge is 2.03. The fraction of sp³-hybridized carbons (Fsp3) is 0.500. The molecule has 4 nitrogen and oxygen atoms in total. The average Bonchev–Trinajstić information content (AvgIpc) is 2.52. The molecule has 0 spiro atoms.